The van der Waals surface area contributed by atoms with Crippen LogP contribution in [0.5, 0.6) is 0 Å². The number of carbonyl (C=O) groups excluding carboxylic acids is 1. The maximum atomic E-state index is 13.1. The van der Waals surface area contributed by atoms with Gasteiger partial charge in [0, 0.05) is 37.4 Å². The Morgan fingerprint density at radius 1 is 1.22 bits per heavy atom. The summed E-state index contributed by atoms with van der Waals surface area (Å²) in [5, 5.41) is 7.73. The summed E-state index contributed by atoms with van der Waals surface area (Å²) in [4.78, 5) is 18.0. The van der Waals surface area contributed by atoms with E-state index < -0.39 is 5.79 Å². The summed E-state index contributed by atoms with van der Waals surface area (Å²) in [6, 6.07) is 6.67. The quantitative estimate of drug-likeness (QED) is 0.758. The van der Waals surface area contributed by atoms with E-state index in [1.54, 1.807) is 0 Å². The van der Waals surface area contributed by atoms with Gasteiger partial charge in [-0.3, -0.25) is 4.79 Å². The van der Waals surface area contributed by atoms with Crippen LogP contribution in [0.1, 0.15) is 79.6 Å². The maximum absolute atomic E-state index is 13.1. The summed E-state index contributed by atoms with van der Waals surface area (Å²) < 4.78 is 11.7. The second kappa shape index (κ2) is 8.08. The summed E-state index contributed by atoms with van der Waals surface area (Å²) in [5.41, 5.74) is 5.14. The second-order valence-corrected chi connectivity index (χ2v) is 10.7. The molecule has 1 amide bonds. The van der Waals surface area contributed by atoms with Crippen LogP contribution in [0.2, 0.25) is 0 Å². The van der Waals surface area contributed by atoms with Crippen molar-refractivity contribution in [2.24, 2.45) is 0 Å². The molecule has 2 N–H and O–H groups in total. The zero-order valence-corrected chi connectivity index (χ0v) is 19.7. The maximum Gasteiger partial charge on any atom is 0.269 e. The van der Waals surface area contributed by atoms with Gasteiger partial charge in [0.15, 0.2) is 5.79 Å². The minimum Gasteiger partial charge on any atom is -0.349 e. The van der Waals surface area contributed by atoms with Crippen LogP contribution in [0.3, 0.4) is 0 Å². The van der Waals surface area contributed by atoms with E-state index in [-0.39, 0.29) is 17.4 Å². The number of hydrogen-bond acceptors (Lipinski definition) is 5. The van der Waals surface area contributed by atoms with Gasteiger partial charge in [-0.1, -0.05) is 26.8 Å². The van der Waals surface area contributed by atoms with Gasteiger partial charge in [-0.15, -0.1) is 0 Å². The number of nitrogens with one attached hydrogen (secondary N) is 2. The lowest BCUT2D eigenvalue weighted by atomic mass is 9.83. The van der Waals surface area contributed by atoms with E-state index in [0.717, 1.165) is 30.5 Å². The van der Waals surface area contributed by atoms with E-state index in [2.05, 4.69) is 50.5 Å². The SMILES string of the molecule is Cc1cc(C(=O)NCC2CC3(CCN2)OCCO3)nc2c(C(C)(C)C)cc(C3CC3)cc12. The van der Waals surface area contributed by atoms with Gasteiger partial charge in [-0.25, -0.2) is 4.98 Å². The summed E-state index contributed by atoms with van der Waals surface area (Å²) in [7, 11) is 0. The van der Waals surface area contributed by atoms with Crippen molar-refractivity contribution in [2.75, 3.05) is 26.3 Å². The predicted molar refractivity (Wildman–Crippen MR) is 125 cm³/mol. The number of amides is 1. The average Bonchev–Trinajstić information content (AvgIpc) is 3.52. The third-order valence-electron chi connectivity index (χ3n) is 7.05. The van der Waals surface area contributed by atoms with Crippen molar-refractivity contribution >= 4 is 16.8 Å². The molecule has 3 aliphatic rings. The number of nitrogens with zero attached hydrogens (tertiary/aromatic N) is 1. The molecule has 1 aliphatic carbocycles. The van der Waals surface area contributed by atoms with Gasteiger partial charge in [0.1, 0.15) is 5.69 Å². The molecular formula is C26H35N3O3. The van der Waals surface area contributed by atoms with E-state index in [4.69, 9.17) is 14.5 Å². The molecule has 1 aromatic heterocycles. The van der Waals surface area contributed by atoms with Crippen molar-refractivity contribution in [1.29, 1.82) is 0 Å². The number of ether oxygens (including phenoxy) is 2. The minimum atomic E-state index is -0.473. The summed E-state index contributed by atoms with van der Waals surface area (Å²) in [5.74, 6) is 0.0806. The number of carbonyl (C=O) groups is 1. The molecule has 32 heavy (non-hydrogen) atoms. The van der Waals surface area contributed by atoms with E-state index in [1.165, 1.54) is 29.4 Å². The molecule has 1 atom stereocenters. The van der Waals surface area contributed by atoms with Gasteiger partial charge in [0.25, 0.3) is 5.91 Å². The summed E-state index contributed by atoms with van der Waals surface area (Å²) in [6.45, 7) is 11.4. The number of benzene rings is 1. The first-order chi connectivity index (χ1) is 15.2. The van der Waals surface area contributed by atoms with Crippen LogP contribution in [-0.2, 0) is 14.9 Å². The van der Waals surface area contributed by atoms with E-state index >= 15 is 0 Å². The van der Waals surface area contributed by atoms with Crippen molar-refractivity contribution < 1.29 is 14.3 Å². The Labute approximate surface area is 190 Å². The average molecular weight is 438 g/mol. The van der Waals surface area contributed by atoms with Crippen LogP contribution in [0, 0.1) is 6.92 Å². The Bertz CT molecular complexity index is 1030. The van der Waals surface area contributed by atoms with Crippen molar-refractivity contribution in [3.05, 3.63) is 40.6 Å². The molecule has 0 radical (unpaired) electrons. The number of aromatic nitrogens is 1. The lowest BCUT2D eigenvalue weighted by molar-refractivity contribution is -0.179. The third-order valence-corrected chi connectivity index (χ3v) is 7.05. The van der Waals surface area contributed by atoms with Crippen molar-refractivity contribution in [2.45, 2.75) is 76.5 Å². The standard InChI is InChI=1S/C26H35N3O3/c1-16-11-22(24(30)28-15-19-14-26(7-8-27-19)31-9-10-32-26)29-23-20(16)12-18(17-5-6-17)13-21(23)25(2,3)4/h11-13,17,19,27H,5-10,14-15H2,1-4H3,(H,28,30). The zero-order chi connectivity index (χ0) is 22.5. The largest absolute Gasteiger partial charge is 0.349 e. The van der Waals surface area contributed by atoms with Crippen LogP contribution < -0.4 is 10.6 Å². The molecule has 3 heterocycles. The normalized spacial score (nSPS) is 23.1. The molecule has 2 aromatic rings. The fraction of sp³-hybridized carbons (Fsp3) is 0.615. The fourth-order valence-electron chi connectivity index (χ4n) is 5.08. The van der Waals surface area contributed by atoms with Crippen molar-refractivity contribution in [1.82, 2.24) is 15.6 Å². The smallest absolute Gasteiger partial charge is 0.269 e. The highest BCUT2D eigenvalue weighted by Crippen LogP contribution is 2.43. The number of aryl methyl sites for hydroxylation is 1. The zero-order valence-electron chi connectivity index (χ0n) is 19.7. The number of piperidine rings is 1. The fourth-order valence-corrected chi connectivity index (χ4v) is 5.08. The Morgan fingerprint density at radius 3 is 2.66 bits per heavy atom. The molecular weight excluding hydrogens is 402 g/mol. The number of pyridine rings is 1. The van der Waals surface area contributed by atoms with Crippen LogP contribution >= 0.6 is 0 Å². The van der Waals surface area contributed by atoms with Crippen LogP contribution in [-0.4, -0.2) is 49.0 Å². The third kappa shape index (κ3) is 4.28. The highest BCUT2D eigenvalue weighted by atomic mass is 16.7. The highest BCUT2D eigenvalue weighted by molar-refractivity contribution is 5.97. The number of hydrogen-bond donors (Lipinski definition) is 2. The molecule has 1 unspecified atom stereocenters. The van der Waals surface area contributed by atoms with Crippen LogP contribution in [0.15, 0.2) is 18.2 Å². The Kier molecular flexibility index (Phi) is 5.51. The first kappa shape index (κ1) is 21.8. The topological polar surface area (TPSA) is 72.5 Å². The van der Waals surface area contributed by atoms with Crippen LogP contribution in [0.4, 0.5) is 0 Å². The Balaban J connectivity index is 1.38. The van der Waals surface area contributed by atoms with Crippen molar-refractivity contribution in [3.8, 4) is 0 Å². The van der Waals surface area contributed by atoms with Gasteiger partial charge in [0.2, 0.25) is 0 Å². The highest BCUT2D eigenvalue weighted by Gasteiger charge is 2.41. The Morgan fingerprint density at radius 2 is 1.97 bits per heavy atom. The minimum absolute atomic E-state index is 0.0424. The monoisotopic (exact) mass is 437 g/mol. The molecule has 6 nitrogen and oxygen atoms in total. The molecule has 5 rings (SSSR count). The summed E-state index contributed by atoms with van der Waals surface area (Å²) >= 11 is 0. The molecule has 1 spiro atoms. The summed E-state index contributed by atoms with van der Waals surface area (Å²) in [6.07, 6.45) is 4.14. The molecule has 1 saturated carbocycles. The first-order valence-corrected chi connectivity index (χ1v) is 12.0. The van der Waals surface area contributed by atoms with E-state index in [9.17, 15) is 4.79 Å². The van der Waals surface area contributed by atoms with Gasteiger partial charge in [-0.05, 0) is 59.9 Å². The molecule has 6 heteroatoms. The number of fused-ring (bicyclic) bond motifs is 1. The van der Waals surface area contributed by atoms with E-state index in [0.29, 0.717) is 31.4 Å². The number of rotatable bonds is 4. The molecule has 3 fully saturated rings. The predicted octanol–water partition coefficient (Wildman–Crippen LogP) is 3.94. The lowest BCUT2D eigenvalue weighted by Gasteiger charge is -2.37. The van der Waals surface area contributed by atoms with Gasteiger partial charge >= 0.3 is 0 Å². The Hall–Kier alpha value is -2.02. The van der Waals surface area contributed by atoms with Gasteiger partial charge < -0.3 is 20.1 Å². The second-order valence-electron chi connectivity index (χ2n) is 10.7. The van der Waals surface area contributed by atoms with Gasteiger partial charge in [-0.2, -0.15) is 0 Å². The van der Waals surface area contributed by atoms with Crippen molar-refractivity contribution in [3.63, 3.8) is 0 Å². The van der Waals surface area contributed by atoms with Gasteiger partial charge in [0.05, 0.1) is 18.7 Å². The molecule has 1 aromatic carbocycles. The molecule has 172 valence electrons. The van der Waals surface area contributed by atoms with E-state index in [1.807, 2.05) is 6.07 Å². The molecule has 2 aliphatic heterocycles. The molecule has 2 saturated heterocycles. The molecule has 0 bridgehead atoms. The lowest BCUT2D eigenvalue weighted by Crippen LogP contribution is -2.52. The first-order valence-electron chi connectivity index (χ1n) is 12.0. The van der Waals surface area contributed by atoms with Crippen LogP contribution in [0.25, 0.3) is 10.9 Å².